The number of nitrogens with one attached hydrogen (secondary N) is 1. The minimum atomic E-state index is -1.26. The fourth-order valence-electron chi connectivity index (χ4n) is 1.89. The fourth-order valence-corrected chi connectivity index (χ4v) is 3.02. The number of aromatic nitrogens is 2. The zero-order valence-corrected chi connectivity index (χ0v) is 13.1. The summed E-state index contributed by atoms with van der Waals surface area (Å²) in [6.45, 7) is 4.38. The molecule has 0 aliphatic heterocycles. The molecule has 0 saturated carbocycles. The van der Waals surface area contributed by atoms with Crippen LogP contribution in [-0.4, -0.2) is 32.1 Å². The minimum Gasteiger partial charge on any atom is -0.478 e. The second kappa shape index (κ2) is 8.78. The predicted molar refractivity (Wildman–Crippen MR) is 84.2 cm³/mol. The fraction of sp³-hybridized carbons (Fsp3) is 0.267. The number of aliphatic carboxylic acids is 2. The summed E-state index contributed by atoms with van der Waals surface area (Å²) in [4.78, 5) is 27.8. The third-order valence-electron chi connectivity index (χ3n) is 2.89. The summed E-state index contributed by atoms with van der Waals surface area (Å²) in [6, 6.07) is 2.18. The SMILES string of the molecule is CCC(c1cnc[nH]1)c1sccc1C.O=C(O)/C=C/C(=O)O. The van der Waals surface area contributed by atoms with Crippen molar-refractivity contribution >= 4 is 23.3 Å². The molecule has 0 aliphatic rings. The van der Waals surface area contributed by atoms with Crippen LogP contribution in [0, 0.1) is 6.92 Å². The van der Waals surface area contributed by atoms with Crippen molar-refractivity contribution in [2.75, 3.05) is 0 Å². The molecule has 1 unspecified atom stereocenters. The molecule has 0 saturated heterocycles. The van der Waals surface area contributed by atoms with Gasteiger partial charge in [0.2, 0.25) is 0 Å². The van der Waals surface area contributed by atoms with E-state index in [0.29, 0.717) is 18.1 Å². The number of H-pyrrole nitrogens is 1. The molecule has 7 heteroatoms. The molecule has 1 atom stereocenters. The first-order chi connectivity index (χ1) is 10.5. The Morgan fingerprint density at radius 3 is 2.36 bits per heavy atom. The van der Waals surface area contributed by atoms with E-state index in [4.69, 9.17) is 10.2 Å². The molecule has 118 valence electrons. The first-order valence-corrected chi connectivity index (χ1v) is 7.49. The Balaban J connectivity index is 0.000000261. The summed E-state index contributed by atoms with van der Waals surface area (Å²) < 4.78 is 0. The first kappa shape index (κ1) is 17.6. The Bertz CT molecular complexity index is 616. The van der Waals surface area contributed by atoms with E-state index in [1.54, 1.807) is 6.33 Å². The number of rotatable bonds is 5. The number of carboxylic acids is 2. The minimum absolute atomic E-state index is 0.484. The number of aromatic amines is 1. The second-order valence-corrected chi connectivity index (χ2v) is 5.39. The standard InChI is InChI=1S/C11H14N2S.C4H4O4/c1-3-9(10-6-12-7-13-10)11-8(2)4-5-14-11;5-3(6)1-2-4(7)8/h4-7,9H,3H2,1-2H3,(H,12,13);1-2H,(H,5,6)(H,7,8)/b;2-1+. The van der Waals surface area contributed by atoms with Crippen LogP contribution >= 0.6 is 11.3 Å². The van der Waals surface area contributed by atoms with Crippen LogP contribution in [0.5, 0.6) is 0 Å². The summed E-state index contributed by atoms with van der Waals surface area (Å²) in [5.74, 6) is -2.03. The van der Waals surface area contributed by atoms with E-state index in [-0.39, 0.29) is 0 Å². The molecule has 0 amide bonds. The highest BCUT2D eigenvalue weighted by atomic mass is 32.1. The molecular weight excluding hydrogens is 304 g/mol. The molecule has 0 aromatic carbocycles. The van der Waals surface area contributed by atoms with Crippen LogP contribution < -0.4 is 0 Å². The van der Waals surface area contributed by atoms with Gasteiger partial charge in [0.1, 0.15) is 0 Å². The quantitative estimate of drug-likeness (QED) is 0.734. The topological polar surface area (TPSA) is 103 Å². The highest BCUT2D eigenvalue weighted by Gasteiger charge is 2.16. The van der Waals surface area contributed by atoms with E-state index in [1.807, 2.05) is 17.5 Å². The van der Waals surface area contributed by atoms with Crippen molar-refractivity contribution in [2.45, 2.75) is 26.2 Å². The van der Waals surface area contributed by atoms with Crippen molar-refractivity contribution in [3.63, 3.8) is 0 Å². The Kier molecular flexibility index (Phi) is 7.04. The molecule has 3 N–H and O–H groups in total. The molecule has 22 heavy (non-hydrogen) atoms. The zero-order valence-electron chi connectivity index (χ0n) is 12.3. The summed E-state index contributed by atoms with van der Waals surface area (Å²) in [5, 5.41) is 17.8. The summed E-state index contributed by atoms with van der Waals surface area (Å²) in [6.07, 6.45) is 5.91. The number of imidazole rings is 1. The maximum atomic E-state index is 9.55. The van der Waals surface area contributed by atoms with Gasteiger partial charge in [0.15, 0.2) is 0 Å². The van der Waals surface area contributed by atoms with Crippen LogP contribution in [0.3, 0.4) is 0 Å². The average molecular weight is 322 g/mol. The van der Waals surface area contributed by atoms with E-state index in [1.165, 1.54) is 16.1 Å². The lowest BCUT2D eigenvalue weighted by Crippen LogP contribution is -1.98. The Hall–Kier alpha value is -2.41. The normalized spacial score (nSPS) is 11.7. The van der Waals surface area contributed by atoms with Crippen molar-refractivity contribution in [1.82, 2.24) is 9.97 Å². The molecule has 2 aromatic rings. The third-order valence-corrected chi connectivity index (χ3v) is 4.02. The van der Waals surface area contributed by atoms with E-state index < -0.39 is 11.9 Å². The smallest absolute Gasteiger partial charge is 0.328 e. The van der Waals surface area contributed by atoms with Gasteiger partial charge in [-0.25, -0.2) is 14.6 Å². The van der Waals surface area contributed by atoms with Gasteiger partial charge in [-0.15, -0.1) is 11.3 Å². The highest BCUT2D eigenvalue weighted by molar-refractivity contribution is 7.10. The monoisotopic (exact) mass is 322 g/mol. The molecule has 0 bridgehead atoms. The maximum absolute atomic E-state index is 9.55. The Morgan fingerprint density at radius 1 is 1.36 bits per heavy atom. The predicted octanol–water partition coefficient (Wildman–Crippen LogP) is 3.03. The molecule has 0 fully saturated rings. The van der Waals surface area contributed by atoms with Gasteiger partial charge >= 0.3 is 11.9 Å². The van der Waals surface area contributed by atoms with Crippen LogP contribution in [0.15, 0.2) is 36.1 Å². The van der Waals surface area contributed by atoms with Crippen molar-refractivity contribution in [2.24, 2.45) is 0 Å². The lowest BCUT2D eigenvalue weighted by Gasteiger charge is -2.11. The summed E-state index contributed by atoms with van der Waals surface area (Å²) >= 11 is 1.83. The lowest BCUT2D eigenvalue weighted by molar-refractivity contribution is -0.134. The maximum Gasteiger partial charge on any atom is 0.328 e. The van der Waals surface area contributed by atoms with E-state index >= 15 is 0 Å². The van der Waals surface area contributed by atoms with Gasteiger partial charge in [-0.1, -0.05) is 6.92 Å². The number of carboxylic acid groups (broad SMARTS) is 2. The van der Waals surface area contributed by atoms with Crippen LogP contribution in [0.25, 0.3) is 0 Å². The van der Waals surface area contributed by atoms with Crippen LogP contribution in [0.4, 0.5) is 0 Å². The van der Waals surface area contributed by atoms with Crippen LogP contribution in [0.1, 0.15) is 35.4 Å². The summed E-state index contributed by atoms with van der Waals surface area (Å²) in [5.41, 5.74) is 2.61. The van der Waals surface area contributed by atoms with Gasteiger partial charge in [-0.3, -0.25) is 0 Å². The number of thiophene rings is 1. The summed E-state index contributed by atoms with van der Waals surface area (Å²) in [7, 11) is 0. The molecule has 0 aliphatic carbocycles. The van der Waals surface area contributed by atoms with E-state index in [2.05, 4.69) is 35.3 Å². The zero-order chi connectivity index (χ0) is 16.5. The van der Waals surface area contributed by atoms with Crippen LogP contribution in [0.2, 0.25) is 0 Å². The van der Waals surface area contributed by atoms with E-state index in [0.717, 1.165) is 6.42 Å². The van der Waals surface area contributed by atoms with Crippen LogP contribution in [-0.2, 0) is 9.59 Å². The lowest BCUT2D eigenvalue weighted by atomic mass is 9.99. The number of hydrogen-bond acceptors (Lipinski definition) is 4. The Labute approximate surface area is 132 Å². The second-order valence-electron chi connectivity index (χ2n) is 4.45. The highest BCUT2D eigenvalue weighted by Crippen LogP contribution is 2.32. The molecule has 6 nitrogen and oxygen atoms in total. The van der Waals surface area contributed by atoms with Gasteiger partial charge in [-0.2, -0.15) is 0 Å². The largest absolute Gasteiger partial charge is 0.478 e. The molecule has 0 spiro atoms. The van der Waals surface area contributed by atoms with Gasteiger partial charge in [0.25, 0.3) is 0 Å². The first-order valence-electron chi connectivity index (χ1n) is 6.61. The third kappa shape index (κ3) is 5.53. The molecule has 2 rings (SSSR count). The van der Waals surface area contributed by atoms with Crippen molar-refractivity contribution in [1.29, 1.82) is 0 Å². The van der Waals surface area contributed by atoms with Gasteiger partial charge in [-0.05, 0) is 30.4 Å². The average Bonchev–Trinajstić information content (AvgIpc) is 3.11. The molecule has 2 heterocycles. The number of hydrogen-bond donors (Lipinski definition) is 3. The van der Waals surface area contributed by atoms with Crippen molar-refractivity contribution < 1.29 is 19.8 Å². The molecule has 0 radical (unpaired) electrons. The number of carbonyl (C=O) groups is 2. The molecular formula is C15H18N2O4S. The number of nitrogens with zero attached hydrogens (tertiary/aromatic N) is 1. The number of aryl methyl sites for hydroxylation is 1. The van der Waals surface area contributed by atoms with Crippen molar-refractivity contribution in [3.05, 3.63) is 52.3 Å². The van der Waals surface area contributed by atoms with E-state index in [9.17, 15) is 9.59 Å². The Morgan fingerprint density at radius 2 is 2.00 bits per heavy atom. The molecule has 2 aromatic heterocycles. The van der Waals surface area contributed by atoms with Gasteiger partial charge in [0, 0.05) is 34.8 Å². The van der Waals surface area contributed by atoms with Gasteiger partial charge < -0.3 is 15.2 Å². The van der Waals surface area contributed by atoms with Crippen molar-refractivity contribution in [3.8, 4) is 0 Å². The van der Waals surface area contributed by atoms with Gasteiger partial charge in [0.05, 0.1) is 6.33 Å².